The number of hydrogen-bond acceptors (Lipinski definition) is 1. The third kappa shape index (κ3) is 1.59. The molecular formula is C12H11N. The number of allylic oxidation sites excluding steroid dienone is 1. The van der Waals surface area contributed by atoms with Crippen LogP contribution >= 0.6 is 0 Å². The summed E-state index contributed by atoms with van der Waals surface area (Å²) >= 11 is 0. The molecule has 1 nitrogen and oxygen atoms in total. The van der Waals surface area contributed by atoms with Gasteiger partial charge in [-0.1, -0.05) is 30.3 Å². The number of nitrogens with zero attached hydrogens (tertiary/aromatic N) is 1. The van der Waals surface area contributed by atoms with Crippen LogP contribution in [-0.2, 0) is 6.42 Å². The molecule has 0 N–H and O–H groups in total. The van der Waals surface area contributed by atoms with Crippen LogP contribution in [0.5, 0.6) is 0 Å². The summed E-state index contributed by atoms with van der Waals surface area (Å²) in [5.74, 6) is 0. The van der Waals surface area contributed by atoms with Crippen molar-refractivity contribution in [3.63, 3.8) is 0 Å². The van der Waals surface area contributed by atoms with Crippen LogP contribution in [0.4, 0.5) is 0 Å². The zero-order chi connectivity index (χ0) is 9.10. The van der Waals surface area contributed by atoms with Gasteiger partial charge in [-0.2, -0.15) is 0 Å². The largest absolute Gasteiger partial charge is 0.260 e. The molecule has 13 heavy (non-hydrogen) atoms. The van der Waals surface area contributed by atoms with E-state index in [1.165, 1.54) is 10.8 Å². The molecule has 0 saturated heterocycles. The highest BCUT2D eigenvalue weighted by Crippen LogP contribution is 2.13. The van der Waals surface area contributed by atoms with E-state index < -0.39 is 0 Å². The molecule has 0 aliphatic heterocycles. The van der Waals surface area contributed by atoms with E-state index in [1.54, 1.807) is 0 Å². The van der Waals surface area contributed by atoms with Gasteiger partial charge in [-0.3, -0.25) is 4.98 Å². The van der Waals surface area contributed by atoms with Crippen LogP contribution in [0.25, 0.3) is 10.8 Å². The van der Waals surface area contributed by atoms with Crippen molar-refractivity contribution in [2.24, 2.45) is 0 Å². The Balaban J connectivity index is 2.55. The summed E-state index contributed by atoms with van der Waals surface area (Å²) in [6.07, 6.45) is 4.62. The van der Waals surface area contributed by atoms with Gasteiger partial charge in [-0.15, -0.1) is 6.58 Å². The molecule has 2 aromatic rings. The Morgan fingerprint density at radius 2 is 2.00 bits per heavy atom. The van der Waals surface area contributed by atoms with Crippen LogP contribution < -0.4 is 0 Å². The Hall–Kier alpha value is -1.63. The van der Waals surface area contributed by atoms with Crippen LogP contribution in [0.2, 0.25) is 0 Å². The number of hydrogen-bond donors (Lipinski definition) is 0. The Kier molecular flexibility index (Phi) is 2.09. The molecule has 0 fully saturated rings. The lowest BCUT2D eigenvalue weighted by atomic mass is 10.1. The van der Waals surface area contributed by atoms with Crippen molar-refractivity contribution in [2.45, 2.75) is 6.42 Å². The molecule has 0 bridgehead atoms. The number of rotatable bonds is 2. The number of benzene rings is 1. The molecule has 0 aliphatic rings. The van der Waals surface area contributed by atoms with Gasteiger partial charge in [0.05, 0.1) is 0 Å². The second-order valence-electron chi connectivity index (χ2n) is 3.02. The highest BCUT2D eigenvalue weighted by molar-refractivity contribution is 5.81. The zero-order valence-electron chi connectivity index (χ0n) is 7.40. The van der Waals surface area contributed by atoms with Gasteiger partial charge >= 0.3 is 0 Å². The molecule has 0 unspecified atom stereocenters. The van der Waals surface area contributed by atoms with Crippen molar-refractivity contribution in [2.75, 3.05) is 0 Å². The first-order chi connectivity index (χ1) is 6.40. The quantitative estimate of drug-likeness (QED) is 0.630. The first-order valence-electron chi connectivity index (χ1n) is 4.35. The summed E-state index contributed by atoms with van der Waals surface area (Å²) in [7, 11) is 0. The summed E-state index contributed by atoms with van der Waals surface area (Å²) in [5, 5.41) is 2.43. The Labute approximate surface area is 77.7 Å². The van der Waals surface area contributed by atoms with Crippen molar-refractivity contribution in [3.8, 4) is 0 Å². The fraction of sp³-hybridized carbons (Fsp3) is 0.0833. The van der Waals surface area contributed by atoms with Crippen molar-refractivity contribution in [3.05, 3.63) is 54.9 Å². The molecular weight excluding hydrogens is 158 g/mol. The number of pyridine rings is 1. The predicted octanol–water partition coefficient (Wildman–Crippen LogP) is 2.96. The van der Waals surface area contributed by atoms with Crippen molar-refractivity contribution in [1.82, 2.24) is 4.98 Å². The predicted molar refractivity (Wildman–Crippen MR) is 55.6 cm³/mol. The van der Waals surface area contributed by atoms with Gasteiger partial charge in [0.25, 0.3) is 0 Å². The minimum absolute atomic E-state index is 0.838. The maximum absolute atomic E-state index is 4.33. The van der Waals surface area contributed by atoms with Gasteiger partial charge in [0.2, 0.25) is 0 Å². The first-order valence-corrected chi connectivity index (χ1v) is 4.35. The molecule has 0 spiro atoms. The van der Waals surface area contributed by atoms with E-state index in [9.17, 15) is 0 Å². The molecule has 0 radical (unpaired) electrons. The van der Waals surface area contributed by atoms with Crippen LogP contribution in [0.3, 0.4) is 0 Å². The minimum Gasteiger partial charge on any atom is -0.260 e. The van der Waals surface area contributed by atoms with Crippen LogP contribution in [0.15, 0.2) is 49.2 Å². The van der Waals surface area contributed by atoms with Gasteiger partial charge in [-0.05, 0) is 11.5 Å². The Morgan fingerprint density at radius 1 is 1.23 bits per heavy atom. The average Bonchev–Trinajstić information content (AvgIpc) is 2.18. The normalized spacial score (nSPS) is 10.2. The van der Waals surface area contributed by atoms with E-state index in [1.807, 2.05) is 24.4 Å². The maximum atomic E-state index is 4.33. The summed E-state index contributed by atoms with van der Waals surface area (Å²) in [6.45, 7) is 3.70. The van der Waals surface area contributed by atoms with E-state index in [-0.39, 0.29) is 0 Å². The molecule has 1 aromatic carbocycles. The second-order valence-corrected chi connectivity index (χ2v) is 3.02. The molecule has 0 aliphatic carbocycles. The standard InChI is InChI=1S/C12H11N/c1-2-5-12-8-10-6-3-4-7-11(10)9-13-12/h2-4,6-9H,1,5H2. The fourth-order valence-corrected chi connectivity index (χ4v) is 1.39. The minimum atomic E-state index is 0.838. The molecule has 1 aromatic heterocycles. The lowest BCUT2D eigenvalue weighted by Crippen LogP contribution is -1.86. The third-order valence-electron chi connectivity index (χ3n) is 2.04. The Bertz CT molecular complexity index is 432. The topological polar surface area (TPSA) is 12.9 Å². The van der Waals surface area contributed by atoms with Crippen LogP contribution in [-0.4, -0.2) is 4.98 Å². The van der Waals surface area contributed by atoms with E-state index in [2.05, 4.69) is 29.8 Å². The monoisotopic (exact) mass is 169 g/mol. The average molecular weight is 169 g/mol. The highest BCUT2D eigenvalue weighted by atomic mass is 14.7. The molecule has 1 heteroatoms. The summed E-state index contributed by atoms with van der Waals surface area (Å²) in [5.41, 5.74) is 1.08. The van der Waals surface area contributed by atoms with Crippen LogP contribution in [0.1, 0.15) is 5.69 Å². The SMILES string of the molecule is C=CCc1cc2ccccc2cn1. The molecule has 64 valence electrons. The molecule has 1 heterocycles. The van der Waals surface area contributed by atoms with Gasteiger partial charge < -0.3 is 0 Å². The van der Waals surface area contributed by atoms with Gasteiger partial charge in [0.15, 0.2) is 0 Å². The number of aromatic nitrogens is 1. The lowest BCUT2D eigenvalue weighted by molar-refractivity contribution is 1.13. The maximum Gasteiger partial charge on any atom is 0.0447 e. The zero-order valence-corrected chi connectivity index (χ0v) is 7.40. The summed E-state index contributed by atoms with van der Waals surface area (Å²) in [4.78, 5) is 4.33. The summed E-state index contributed by atoms with van der Waals surface area (Å²) < 4.78 is 0. The highest BCUT2D eigenvalue weighted by Gasteiger charge is 1.94. The lowest BCUT2D eigenvalue weighted by Gasteiger charge is -1.99. The van der Waals surface area contributed by atoms with Crippen LogP contribution in [0, 0.1) is 0 Å². The van der Waals surface area contributed by atoms with Crippen molar-refractivity contribution in [1.29, 1.82) is 0 Å². The smallest absolute Gasteiger partial charge is 0.0447 e. The molecule has 2 rings (SSSR count). The fourth-order valence-electron chi connectivity index (χ4n) is 1.39. The van der Waals surface area contributed by atoms with Gasteiger partial charge in [-0.25, -0.2) is 0 Å². The van der Waals surface area contributed by atoms with Crippen molar-refractivity contribution < 1.29 is 0 Å². The molecule has 0 saturated carbocycles. The van der Waals surface area contributed by atoms with E-state index in [4.69, 9.17) is 0 Å². The van der Waals surface area contributed by atoms with E-state index in [0.29, 0.717) is 0 Å². The summed E-state index contributed by atoms with van der Waals surface area (Å²) in [6, 6.07) is 10.3. The molecule has 0 amide bonds. The number of fused-ring (bicyclic) bond motifs is 1. The first kappa shape index (κ1) is 7.99. The second kappa shape index (κ2) is 3.40. The van der Waals surface area contributed by atoms with E-state index in [0.717, 1.165) is 12.1 Å². The van der Waals surface area contributed by atoms with Crippen molar-refractivity contribution >= 4 is 10.8 Å². The van der Waals surface area contributed by atoms with E-state index >= 15 is 0 Å². The molecule has 0 atom stereocenters. The van der Waals surface area contributed by atoms with Gasteiger partial charge in [0, 0.05) is 23.7 Å². The van der Waals surface area contributed by atoms with Gasteiger partial charge in [0.1, 0.15) is 0 Å². The third-order valence-corrected chi connectivity index (χ3v) is 2.04. The Morgan fingerprint density at radius 3 is 2.77 bits per heavy atom.